The Balaban J connectivity index is 1.76. The molecule has 7 nitrogen and oxygen atoms in total. The molecule has 7 heteroatoms. The fourth-order valence-electron chi connectivity index (χ4n) is 3.85. The van der Waals surface area contributed by atoms with Crippen LogP contribution in [-0.2, 0) is 7.05 Å². The summed E-state index contributed by atoms with van der Waals surface area (Å²) in [5.41, 5.74) is 4.06. The Morgan fingerprint density at radius 1 is 1.06 bits per heavy atom. The second-order valence-corrected chi connectivity index (χ2v) is 7.68. The van der Waals surface area contributed by atoms with Crippen LogP contribution in [0.15, 0.2) is 68.9 Å². The number of aromatic nitrogens is 3. The molecule has 0 aliphatic carbocycles. The van der Waals surface area contributed by atoms with E-state index in [1.807, 2.05) is 69.4 Å². The molecule has 5 rings (SSSR count). The molecule has 0 radical (unpaired) electrons. The molecule has 160 valence electrons. The van der Waals surface area contributed by atoms with Gasteiger partial charge in [-0.15, -0.1) is 0 Å². The second-order valence-electron chi connectivity index (χ2n) is 7.68. The quantitative estimate of drug-likeness (QED) is 0.392. The predicted molar refractivity (Wildman–Crippen MR) is 126 cm³/mol. The average molecular weight is 426 g/mol. The molecule has 0 unspecified atom stereocenters. The summed E-state index contributed by atoms with van der Waals surface area (Å²) in [7, 11) is 3.61. The summed E-state index contributed by atoms with van der Waals surface area (Å²) in [6, 6.07) is 16.7. The van der Waals surface area contributed by atoms with E-state index >= 15 is 0 Å². The molecule has 5 aromatic rings. The van der Waals surface area contributed by atoms with E-state index in [4.69, 9.17) is 14.1 Å². The Morgan fingerprint density at radius 3 is 2.62 bits per heavy atom. The first kappa shape index (κ1) is 19.8. The first-order valence-corrected chi connectivity index (χ1v) is 10.2. The van der Waals surface area contributed by atoms with E-state index in [2.05, 4.69) is 9.67 Å². The van der Waals surface area contributed by atoms with Crippen molar-refractivity contribution in [3.8, 4) is 17.3 Å². The number of aryl methyl sites for hydroxylation is 1. The highest BCUT2D eigenvalue weighted by Crippen LogP contribution is 2.32. The van der Waals surface area contributed by atoms with Gasteiger partial charge in [0.2, 0.25) is 5.82 Å². The lowest BCUT2D eigenvalue weighted by Gasteiger charge is -2.07. The number of furan rings is 1. The second kappa shape index (κ2) is 7.53. The van der Waals surface area contributed by atoms with Crippen molar-refractivity contribution >= 4 is 28.1 Å². The zero-order valence-corrected chi connectivity index (χ0v) is 18.3. The standard InChI is InChI=1S/C25H22N4O3/c1-15-12-17(16(2)28(15)3)14-26-29-24(27-20-9-6-5-8-18(20)25(29)30)23-13-19-21(31-4)10-7-11-22(19)32-23/h5-14H,1-4H3. The number of ether oxygens (including phenoxy) is 1. The van der Waals surface area contributed by atoms with Gasteiger partial charge in [-0.3, -0.25) is 4.79 Å². The number of para-hydroxylation sites is 1. The first-order valence-electron chi connectivity index (χ1n) is 10.2. The molecule has 3 heterocycles. The molecule has 0 amide bonds. The van der Waals surface area contributed by atoms with E-state index in [1.165, 1.54) is 4.68 Å². The maximum absolute atomic E-state index is 13.4. The highest BCUT2D eigenvalue weighted by molar-refractivity contribution is 5.88. The number of fused-ring (bicyclic) bond motifs is 2. The van der Waals surface area contributed by atoms with E-state index in [-0.39, 0.29) is 5.56 Å². The van der Waals surface area contributed by atoms with Gasteiger partial charge in [0, 0.05) is 24.0 Å². The van der Waals surface area contributed by atoms with Crippen molar-refractivity contribution in [3.05, 3.63) is 81.9 Å². The van der Waals surface area contributed by atoms with E-state index in [1.54, 1.807) is 19.4 Å². The Labute approximate surface area is 184 Å². The first-order chi connectivity index (χ1) is 15.5. The van der Waals surface area contributed by atoms with E-state index in [0.29, 0.717) is 33.8 Å². The summed E-state index contributed by atoms with van der Waals surface area (Å²) in [6.45, 7) is 4.05. The van der Waals surface area contributed by atoms with Crippen LogP contribution in [0.2, 0.25) is 0 Å². The zero-order valence-electron chi connectivity index (χ0n) is 18.3. The van der Waals surface area contributed by atoms with Crippen molar-refractivity contribution in [3.63, 3.8) is 0 Å². The van der Waals surface area contributed by atoms with Gasteiger partial charge in [-0.25, -0.2) is 4.98 Å². The van der Waals surface area contributed by atoms with Crippen LogP contribution in [-0.4, -0.2) is 27.6 Å². The van der Waals surface area contributed by atoms with Crippen molar-refractivity contribution in [2.24, 2.45) is 12.1 Å². The van der Waals surface area contributed by atoms with Gasteiger partial charge in [0.25, 0.3) is 5.56 Å². The fourth-order valence-corrected chi connectivity index (χ4v) is 3.85. The van der Waals surface area contributed by atoms with Crippen LogP contribution in [0.5, 0.6) is 5.75 Å². The zero-order chi connectivity index (χ0) is 22.4. The summed E-state index contributed by atoms with van der Waals surface area (Å²) in [5.74, 6) is 1.45. The number of nitrogens with zero attached hydrogens (tertiary/aromatic N) is 4. The van der Waals surface area contributed by atoms with Crippen molar-refractivity contribution in [2.45, 2.75) is 13.8 Å². The monoisotopic (exact) mass is 426 g/mol. The van der Waals surface area contributed by atoms with Crippen LogP contribution in [0.25, 0.3) is 33.5 Å². The molecule has 0 N–H and O–H groups in total. The van der Waals surface area contributed by atoms with Gasteiger partial charge in [-0.2, -0.15) is 9.78 Å². The number of hydrogen-bond acceptors (Lipinski definition) is 5. The topological polar surface area (TPSA) is 74.6 Å². The maximum Gasteiger partial charge on any atom is 0.282 e. The molecule has 3 aromatic heterocycles. The number of methoxy groups -OCH3 is 1. The summed E-state index contributed by atoms with van der Waals surface area (Å²) in [5, 5.41) is 5.83. The normalized spacial score (nSPS) is 11.8. The Morgan fingerprint density at radius 2 is 1.88 bits per heavy atom. The van der Waals surface area contributed by atoms with Crippen LogP contribution in [0.4, 0.5) is 0 Å². The molecule has 0 fully saturated rings. The molecular formula is C25H22N4O3. The lowest BCUT2D eigenvalue weighted by molar-refractivity contribution is 0.419. The minimum Gasteiger partial charge on any atom is -0.496 e. The molecule has 32 heavy (non-hydrogen) atoms. The van der Waals surface area contributed by atoms with Crippen LogP contribution in [0.3, 0.4) is 0 Å². The molecule has 0 saturated carbocycles. The van der Waals surface area contributed by atoms with Gasteiger partial charge in [0.05, 0.1) is 29.6 Å². The maximum atomic E-state index is 13.4. The van der Waals surface area contributed by atoms with E-state index in [9.17, 15) is 4.79 Å². The van der Waals surface area contributed by atoms with Gasteiger partial charge in [0.1, 0.15) is 11.3 Å². The van der Waals surface area contributed by atoms with Crippen LogP contribution in [0, 0.1) is 13.8 Å². The van der Waals surface area contributed by atoms with Crippen molar-refractivity contribution in [1.82, 2.24) is 14.2 Å². The smallest absolute Gasteiger partial charge is 0.282 e. The van der Waals surface area contributed by atoms with Crippen LogP contribution < -0.4 is 10.3 Å². The molecule has 2 aromatic carbocycles. The lowest BCUT2D eigenvalue weighted by Crippen LogP contribution is -2.20. The van der Waals surface area contributed by atoms with Crippen molar-refractivity contribution in [1.29, 1.82) is 0 Å². The summed E-state index contributed by atoms with van der Waals surface area (Å²) in [6.07, 6.45) is 1.69. The average Bonchev–Trinajstić information content (AvgIpc) is 3.35. The Kier molecular flexibility index (Phi) is 4.66. The largest absolute Gasteiger partial charge is 0.496 e. The third kappa shape index (κ3) is 3.10. The summed E-state index contributed by atoms with van der Waals surface area (Å²) < 4.78 is 14.9. The van der Waals surface area contributed by atoms with Crippen LogP contribution >= 0.6 is 0 Å². The summed E-state index contributed by atoms with van der Waals surface area (Å²) >= 11 is 0. The summed E-state index contributed by atoms with van der Waals surface area (Å²) in [4.78, 5) is 18.1. The van der Waals surface area contributed by atoms with Gasteiger partial charge in [-0.05, 0) is 50.2 Å². The molecule has 0 spiro atoms. The lowest BCUT2D eigenvalue weighted by atomic mass is 10.2. The highest BCUT2D eigenvalue weighted by atomic mass is 16.5. The van der Waals surface area contributed by atoms with E-state index < -0.39 is 0 Å². The van der Waals surface area contributed by atoms with Gasteiger partial charge < -0.3 is 13.7 Å². The third-order valence-corrected chi connectivity index (χ3v) is 5.84. The Bertz CT molecular complexity index is 1570. The van der Waals surface area contributed by atoms with Crippen LogP contribution in [0.1, 0.15) is 17.0 Å². The third-order valence-electron chi connectivity index (χ3n) is 5.84. The molecular weight excluding hydrogens is 404 g/mol. The predicted octanol–water partition coefficient (Wildman–Crippen LogP) is 4.66. The molecule has 0 saturated heterocycles. The fraction of sp³-hybridized carbons (Fsp3) is 0.160. The Hall–Kier alpha value is -4.13. The van der Waals surface area contributed by atoms with Crippen molar-refractivity contribution in [2.75, 3.05) is 7.11 Å². The SMILES string of the molecule is COc1cccc2oc(-c3nc4ccccc4c(=O)n3N=Cc3cc(C)n(C)c3C)cc12. The highest BCUT2D eigenvalue weighted by Gasteiger charge is 2.18. The molecule has 0 aliphatic rings. The molecule has 0 aliphatic heterocycles. The van der Waals surface area contributed by atoms with Gasteiger partial charge in [0.15, 0.2) is 5.76 Å². The van der Waals surface area contributed by atoms with Crippen molar-refractivity contribution < 1.29 is 9.15 Å². The van der Waals surface area contributed by atoms with Gasteiger partial charge >= 0.3 is 0 Å². The molecule has 0 bridgehead atoms. The number of hydrogen-bond donors (Lipinski definition) is 0. The number of benzene rings is 2. The van der Waals surface area contributed by atoms with E-state index in [0.717, 1.165) is 22.3 Å². The minimum atomic E-state index is -0.264. The molecule has 0 atom stereocenters. The number of rotatable bonds is 4. The van der Waals surface area contributed by atoms with Gasteiger partial charge in [-0.1, -0.05) is 18.2 Å². The minimum absolute atomic E-state index is 0.264.